The minimum absolute atomic E-state index is 0.0221. The van der Waals surface area contributed by atoms with Crippen molar-refractivity contribution in [2.24, 2.45) is 0 Å². The normalized spacial score (nSPS) is 11.5. The maximum absolute atomic E-state index is 12.3. The van der Waals surface area contributed by atoms with Gasteiger partial charge in [-0.25, -0.2) is 13.1 Å². The molecule has 0 radical (unpaired) electrons. The summed E-state index contributed by atoms with van der Waals surface area (Å²) in [5.41, 5.74) is 0.361. The zero-order valence-corrected chi connectivity index (χ0v) is 14.7. The lowest BCUT2D eigenvalue weighted by Crippen LogP contribution is -2.26. The van der Waals surface area contributed by atoms with E-state index in [0.29, 0.717) is 5.69 Å². The van der Waals surface area contributed by atoms with Gasteiger partial charge in [-0.05, 0) is 37.3 Å². The topological polar surface area (TPSA) is 69.0 Å². The largest absolute Gasteiger partial charge is 0.268 e. The molecular weight excluding hydrogens is 344 g/mol. The molecule has 0 unspecified atom stereocenters. The number of aromatic nitrogens is 2. The molecular formula is C17H16N2O3S2. The Kier molecular flexibility index (Phi) is 4.64. The van der Waals surface area contributed by atoms with E-state index in [-0.39, 0.29) is 22.8 Å². The van der Waals surface area contributed by atoms with Gasteiger partial charge in [0.1, 0.15) is 5.69 Å². The number of rotatable bonds is 5. The minimum atomic E-state index is -3.45. The van der Waals surface area contributed by atoms with Crippen LogP contribution in [-0.4, -0.2) is 24.0 Å². The molecule has 124 valence electrons. The lowest BCUT2D eigenvalue weighted by Gasteiger charge is -2.07. The van der Waals surface area contributed by atoms with Gasteiger partial charge in [-0.1, -0.05) is 18.2 Å². The molecule has 0 atom stereocenters. The van der Waals surface area contributed by atoms with Gasteiger partial charge in [0.15, 0.2) is 9.84 Å². The summed E-state index contributed by atoms with van der Waals surface area (Å²) < 4.78 is 25.9. The van der Waals surface area contributed by atoms with Crippen LogP contribution in [0.5, 0.6) is 0 Å². The highest BCUT2D eigenvalue weighted by Gasteiger charge is 2.15. The standard InChI is InChI=1S/C17H16N2O3S2/c1-13-7-9-16(23-13)15-8-10-17(20)19(18-15)11-12-24(21,22)14-5-3-2-4-6-14/h2-10H,11-12H2,1H3. The number of hydrogen-bond donors (Lipinski definition) is 0. The molecule has 0 amide bonds. The van der Waals surface area contributed by atoms with Crippen LogP contribution >= 0.6 is 11.3 Å². The molecule has 2 heterocycles. The number of nitrogens with zero attached hydrogens (tertiary/aromatic N) is 2. The van der Waals surface area contributed by atoms with Crippen LogP contribution in [-0.2, 0) is 16.4 Å². The maximum atomic E-state index is 12.3. The third-order valence-corrected chi connectivity index (χ3v) is 6.27. The minimum Gasteiger partial charge on any atom is -0.268 e. The highest BCUT2D eigenvalue weighted by molar-refractivity contribution is 7.91. The average molecular weight is 360 g/mol. The molecule has 0 saturated heterocycles. The Morgan fingerprint density at radius 2 is 1.79 bits per heavy atom. The van der Waals surface area contributed by atoms with Crippen LogP contribution in [0.15, 0.2) is 64.3 Å². The zero-order valence-electron chi connectivity index (χ0n) is 13.0. The summed E-state index contributed by atoms with van der Waals surface area (Å²) >= 11 is 1.58. The Morgan fingerprint density at radius 1 is 1.04 bits per heavy atom. The Balaban J connectivity index is 1.84. The predicted molar refractivity (Wildman–Crippen MR) is 95.0 cm³/mol. The van der Waals surface area contributed by atoms with Gasteiger partial charge in [0, 0.05) is 10.9 Å². The highest BCUT2D eigenvalue weighted by atomic mass is 32.2. The summed E-state index contributed by atoms with van der Waals surface area (Å²) in [4.78, 5) is 14.3. The number of hydrogen-bond acceptors (Lipinski definition) is 5. The quantitative estimate of drug-likeness (QED) is 0.701. The monoisotopic (exact) mass is 360 g/mol. The SMILES string of the molecule is Cc1ccc(-c2ccc(=O)n(CCS(=O)(=O)c3ccccc3)n2)s1. The molecule has 3 aromatic rings. The van der Waals surface area contributed by atoms with Gasteiger partial charge in [0.25, 0.3) is 5.56 Å². The first-order chi connectivity index (χ1) is 11.5. The second-order valence-electron chi connectivity index (χ2n) is 5.32. The summed E-state index contributed by atoms with van der Waals surface area (Å²) in [7, 11) is -3.45. The van der Waals surface area contributed by atoms with E-state index in [1.807, 2.05) is 19.1 Å². The molecule has 0 aliphatic rings. The first kappa shape index (κ1) is 16.6. The van der Waals surface area contributed by atoms with Crippen LogP contribution < -0.4 is 5.56 Å². The van der Waals surface area contributed by atoms with Gasteiger partial charge in [0.05, 0.1) is 22.1 Å². The first-order valence-electron chi connectivity index (χ1n) is 7.38. The molecule has 0 N–H and O–H groups in total. The summed E-state index contributed by atoms with van der Waals surface area (Å²) in [6.45, 7) is 2.02. The van der Waals surface area contributed by atoms with E-state index in [2.05, 4.69) is 5.10 Å². The number of sulfone groups is 1. The van der Waals surface area contributed by atoms with Gasteiger partial charge in [-0.15, -0.1) is 11.3 Å². The Labute approximate surface area is 144 Å². The summed E-state index contributed by atoms with van der Waals surface area (Å²) in [6, 6.07) is 15.2. The smallest absolute Gasteiger partial charge is 0.266 e. The van der Waals surface area contributed by atoms with Crippen LogP contribution in [0, 0.1) is 6.92 Å². The van der Waals surface area contributed by atoms with Crippen LogP contribution in [0.2, 0.25) is 0 Å². The Bertz CT molecular complexity index is 1010. The van der Waals surface area contributed by atoms with Crippen molar-refractivity contribution in [1.29, 1.82) is 0 Å². The van der Waals surface area contributed by atoms with E-state index in [1.54, 1.807) is 47.7 Å². The third-order valence-electron chi connectivity index (χ3n) is 3.53. The highest BCUT2D eigenvalue weighted by Crippen LogP contribution is 2.25. The number of benzene rings is 1. The second-order valence-corrected chi connectivity index (χ2v) is 8.72. The predicted octanol–water partition coefficient (Wildman–Crippen LogP) is 2.75. The number of thiophene rings is 1. The second kappa shape index (κ2) is 6.70. The van der Waals surface area contributed by atoms with Crippen molar-refractivity contribution in [1.82, 2.24) is 9.78 Å². The fourth-order valence-corrected chi connectivity index (χ4v) is 4.32. The fourth-order valence-electron chi connectivity index (χ4n) is 2.27. The van der Waals surface area contributed by atoms with Gasteiger partial charge in [-0.3, -0.25) is 4.79 Å². The molecule has 0 spiro atoms. The van der Waals surface area contributed by atoms with Crippen molar-refractivity contribution in [3.8, 4) is 10.6 Å². The molecule has 0 bridgehead atoms. The molecule has 0 aliphatic carbocycles. The van der Waals surface area contributed by atoms with Gasteiger partial charge < -0.3 is 0 Å². The van der Waals surface area contributed by atoms with Gasteiger partial charge >= 0.3 is 0 Å². The number of aryl methyl sites for hydroxylation is 2. The fraction of sp³-hybridized carbons (Fsp3) is 0.176. The average Bonchev–Trinajstić information content (AvgIpc) is 3.01. The van der Waals surface area contributed by atoms with Crippen molar-refractivity contribution >= 4 is 21.2 Å². The molecule has 0 aliphatic heterocycles. The first-order valence-corrected chi connectivity index (χ1v) is 9.85. The van der Waals surface area contributed by atoms with Crippen LogP contribution in [0.4, 0.5) is 0 Å². The van der Waals surface area contributed by atoms with Crippen LogP contribution in [0.25, 0.3) is 10.6 Å². The van der Waals surface area contributed by atoms with Gasteiger partial charge in [0.2, 0.25) is 0 Å². The van der Waals surface area contributed by atoms with Crippen molar-refractivity contribution in [2.75, 3.05) is 5.75 Å². The summed E-state index contributed by atoms with van der Waals surface area (Å²) in [5, 5.41) is 4.30. The molecule has 24 heavy (non-hydrogen) atoms. The molecule has 1 aromatic carbocycles. The van der Waals surface area contributed by atoms with Crippen LogP contribution in [0.3, 0.4) is 0 Å². The molecule has 0 fully saturated rings. The molecule has 0 saturated carbocycles. The van der Waals surface area contributed by atoms with Crippen LogP contribution in [0.1, 0.15) is 4.88 Å². The Morgan fingerprint density at radius 3 is 2.46 bits per heavy atom. The van der Waals surface area contributed by atoms with E-state index in [0.717, 1.165) is 9.75 Å². The lowest BCUT2D eigenvalue weighted by molar-refractivity contribution is 0.572. The summed E-state index contributed by atoms with van der Waals surface area (Å²) in [6.07, 6.45) is 0. The van der Waals surface area contributed by atoms with E-state index in [9.17, 15) is 13.2 Å². The molecule has 7 heteroatoms. The maximum Gasteiger partial charge on any atom is 0.266 e. The van der Waals surface area contributed by atoms with Gasteiger partial charge in [-0.2, -0.15) is 5.10 Å². The van der Waals surface area contributed by atoms with E-state index in [4.69, 9.17) is 0 Å². The van der Waals surface area contributed by atoms with Crippen molar-refractivity contribution < 1.29 is 8.42 Å². The zero-order chi connectivity index (χ0) is 17.2. The molecule has 3 rings (SSSR count). The summed E-state index contributed by atoms with van der Waals surface area (Å²) in [5.74, 6) is -0.170. The Hall–Kier alpha value is -2.25. The van der Waals surface area contributed by atoms with Crippen molar-refractivity contribution in [3.63, 3.8) is 0 Å². The van der Waals surface area contributed by atoms with Crippen molar-refractivity contribution in [2.45, 2.75) is 18.4 Å². The van der Waals surface area contributed by atoms with E-state index < -0.39 is 9.84 Å². The van der Waals surface area contributed by atoms with E-state index >= 15 is 0 Å². The lowest BCUT2D eigenvalue weighted by atomic mass is 10.3. The molecule has 2 aromatic heterocycles. The third kappa shape index (κ3) is 3.63. The van der Waals surface area contributed by atoms with Crippen molar-refractivity contribution in [3.05, 3.63) is 69.8 Å². The van der Waals surface area contributed by atoms with E-state index in [1.165, 1.54) is 10.7 Å². The molecule has 5 nitrogen and oxygen atoms in total.